The summed E-state index contributed by atoms with van der Waals surface area (Å²) in [5, 5.41) is 0. The Kier molecular flexibility index (Phi) is 1.69. The smallest absolute Gasteiger partial charge is 0.0872 e. The molecular formula is C7H11O. The van der Waals surface area contributed by atoms with Gasteiger partial charge in [0.25, 0.3) is 0 Å². The second-order valence-corrected chi connectivity index (χ2v) is 2.16. The SMILES string of the molecule is C=CC[C](C)C1CO1. The lowest BCUT2D eigenvalue weighted by Gasteiger charge is -1.99. The predicted molar refractivity (Wildman–Crippen MR) is 33.5 cm³/mol. The predicted octanol–water partition coefficient (Wildman–Crippen LogP) is 1.56. The number of hydrogen-bond acceptors (Lipinski definition) is 1. The van der Waals surface area contributed by atoms with Gasteiger partial charge in [-0.3, -0.25) is 0 Å². The first-order valence-electron chi connectivity index (χ1n) is 2.89. The average molecular weight is 111 g/mol. The zero-order chi connectivity index (χ0) is 5.98. The van der Waals surface area contributed by atoms with Gasteiger partial charge >= 0.3 is 0 Å². The molecule has 1 rings (SSSR count). The molecule has 45 valence electrons. The Balaban J connectivity index is 2.12. The fraction of sp³-hybridized carbons (Fsp3) is 0.571. The lowest BCUT2D eigenvalue weighted by atomic mass is 10.1. The molecule has 0 aliphatic carbocycles. The first kappa shape index (κ1) is 5.83. The molecule has 1 saturated heterocycles. The molecule has 0 spiro atoms. The highest BCUT2D eigenvalue weighted by Gasteiger charge is 2.28. The lowest BCUT2D eigenvalue weighted by molar-refractivity contribution is 0.412. The van der Waals surface area contributed by atoms with E-state index in [-0.39, 0.29) is 0 Å². The molecule has 1 radical (unpaired) electrons. The minimum atomic E-state index is 0.466. The Morgan fingerprint density at radius 2 is 2.62 bits per heavy atom. The van der Waals surface area contributed by atoms with Crippen LogP contribution in [-0.2, 0) is 4.74 Å². The molecule has 0 amide bonds. The molecule has 1 nitrogen and oxygen atoms in total. The van der Waals surface area contributed by atoms with Crippen LogP contribution in [0.3, 0.4) is 0 Å². The number of epoxide rings is 1. The molecular weight excluding hydrogens is 100 g/mol. The molecule has 8 heavy (non-hydrogen) atoms. The van der Waals surface area contributed by atoms with Crippen molar-refractivity contribution in [2.75, 3.05) is 6.61 Å². The first-order valence-corrected chi connectivity index (χ1v) is 2.89. The molecule has 1 fully saturated rings. The van der Waals surface area contributed by atoms with Gasteiger partial charge in [0.05, 0.1) is 12.7 Å². The summed E-state index contributed by atoms with van der Waals surface area (Å²) >= 11 is 0. The number of hydrogen-bond donors (Lipinski definition) is 0. The summed E-state index contributed by atoms with van der Waals surface area (Å²) in [5.41, 5.74) is 0. The molecule has 1 heteroatoms. The van der Waals surface area contributed by atoms with Gasteiger partial charge in [0.1, 0.15) is 0 Å². The largest absolute Gasteiger partial charge is 0.372 e. The summed E-state index contributed by atoms with van der Waals surface area (Å²) in [6.45, 7) is 6.68. The van der Waals surface area contributed by atoms with E-state index in [1.807, 2.05) is 6.08 Å². The van der Waals surface area contributed by atoms with E-state index >= 15 is 0 Å². The van der Waals surface area contributed by atoms with Crippen LogP contribution in [0.15, 0.2) is 12.7 Å². The fourth-order valence-corrected chi connectivity index (χ4v) is 0.692. The second-order valence-electron chi connectivity index (χ2n) is 2.16. The van der Waals surface area contributed by atoms with Crippen molar-refractivity contribution >= 4 is 0 Å². The zero-order valence-electron chi connectivity index (χ0n) is 5.18. The van der Waals surface area contributed by atoms with Gasteiger partial charge in [-0.15, -0.1) is 6.58 Å². The summed E-state index contributed by atoms with van der Waals surface area (Å²) in [6, 6.07) is 0. The van der Waals surface area contributed by atoms with Crippen LogP contribution in [0, 0.1) is 5.92 Å². The van der Waals surface area contributed by atoms with E-state index in [0.717, 1.165) is 13.0 Å². The molecule has 1 unspecified atom stereocenters. The molecule has 0 aromatic heterocycles. The van der Waals surface area contributed by atoms with Crippen molar-refractivity contribution in [1.29, 1.82) is 0 Å². The minimum absolute atomic E-state index is 0.466. The van der Waals surface area contributed by atoms with Gasteiger partial charge in [0.2, 0.25) is 0 Å². The van der Waals surface area contributed by atoms with E-state index in [4.69, 9.17) is 4.74 Å². The highest BCUT2D eigenvalue weighted by molar-refractivity contribution is 5.03. The topological polar surface area (TPSA) is 12.5 Å². The molecule has 1 aliphatic rings. The summed E-state index contributed by atoms with van der Waals surface area (Å²) in [7, 11) is 0. The lowest BCUT2D eigenvalue weighted by Crippen LogP contribution is -1.97. The molecule has 0 saturated carbocycles. The molecule has 0 N–H and O–H groups in total. The van der Waals surface area contributed by atoms with Gasteiger partial charge in [-0.2, -0.15) is 0 Å². The summed E-state index contributed by atoms with van der Waals surface area (Å²) < 4.78 is 5.04. The fourth-order valence-electron chi connectivity index (χ4n) is 0.692. The molecule has 0 aromatic rings. The van der Waals surface area contributed by atoms with E-state index in [2.05, 4.69) is 13.5 Å². The number of allylic oxidation sites excluding steroid dienone is 1. The van der Waals surface area contributed by atoms with Gasteiger partial charge < -0.3 is 4.74 Å². The Morgan fingerprint density at radius 1 is 2.00 bits per heavy atom. The van der Waals surface area contributed by atoms with E-state index in [1.54, 1.807) is 0 Å². The van der Waals surface area contributed by atoms with Crippen LogP contribution in [-0.4, -0.2) is 12.7 Å². The van der Waals surface area contributed by atoms with Crippen LogP contribution in [0.5, 0.6) is 0 Å². The van der Waals surface area contributed by atoms with Crippen LogP contribution in [0.4, 0.5) is 0 Å². The van der Waals surface area contributed by atoms with Crippen LogP contribution in [0.25, 0.3) is 0 Å². The Morgan fingerprint density at radius 3 is 3.00 bits per heavy atom. The quantitative estimate of drug-likeness (QED) is 0.397. The highest BCUT2D eigenvalue weighted by Crippen LogP contribution is 2.24. The van der Waals surface area contributed by atoms with Crippen molar-refractivity contribution in [3.05, 3.63) is 18.6 Å². The molecule has 1 heterocycles. The Labute approximate surface area is 50.3 Å². The van der Waals surface area contributed by atoms with E-state index in [1.165, 1.54) is 5.92 Å². The second kappa shape index (κ2) is 2.31. The summed E-state index contributed by atoms with van der Waals surface area (Å²) in [5.74, 6) is 1.40. The third-order valence-corrected chi connectivity index (χ3v) is 1.35. The average Bonchev–Trinajstić information content (AvgIpc) is 2.45. The Hall–Kier alpha value is -0.300. The van der Waals surface area contributed by atoms with Crippen LogP contribution >= 0.6 is 0 Å². The molecule has 0 aromatic carbocycles. The van der Waals surface area contributed by atoms with Gasteiger partial charge in [-0.25, -0.2) is 0 Å². The monoisotopic (exact) mass is 111 g/mol. The van der Waals surface area contributed by atoms with Crippen LogP contribution in [0.1, 0.15) is 13.3 Å². The summed E-state index contributed by atoms with van der Waals surface area (Å²) in [6.07, 6.45) is 3.38. The zero-order valence-corrected chi connectivity index (χ0v) is 5.18. The number of rotatable bonds is 3. The minimum Gasteiger partial charge on any atom is -0.372 e. The summed E-state index contributed by atoms with van der Waals surface area (Å²) in [4.78, 5) is 0. The third-order valence-electron chi connectivity index (χ3n) is 1.35. The van der Waals surface area contributed by atoms with Crippen molar-refractivity contribution in [2.24, 2.45) is 0 Å². The van der Waals surface area contributed by atoms with Gasteiger partial charge in [0.15, 0.2) is 0 Å². The van der Waals surface area contributed by atoms with Gasteiger partial charge in [0, 0.05) is 5.92 Å². The molecule has 0 bridgehead atoms. The normalized spacial score (nSPS) is 26.0. The maximum absolute atomic E-state index is 5.04. The standard InChI is InChI=1S/C7H11O/c1-3-4-6(2)7-5-8-7/h3,7H,1,4-5H2,2H3. The Bertz CT molecular complexity index is 84.4. The van der Waals surface area contributed by atoms with E-state index in [0.29, 0.717) is 6.10 Å². The highest BCUT2D eigenvalue weighted by atomic mass is 16.6. The van der Waals surface area contributed by atoms with Gasteiger partial charge in [-0.1, -0.05) is 13.0 Å². The number of ether oxygens (including phenoxy) is 1. The van der Waals surface area contributed by atoms with Crippen molar-refractivity contribution in [3.8, 4) is 0 Å². The van der Waals surface area contributed by atoms with Crippen molar-refractivity contribution < 1.29 is 4.74 Å². The van der Waals surface area contributed by atoms with Crippen molar-refractivity contribution in [2.45, 2.75) is 19.4 Å². The molecule has 1 aliphatic heterocycles. The van der Waals surface area contributed by atoms with Gasteiger partial charge in [-0.05, 0) is 6.42 Å². The van der Waals surface area contributed by atoms with Crippen LogP contribution < -0.4 is 0 Å². The van der Waals surface area contributed by atoms with E-state index in [9.17, 15) is 0 Å². The first-order chi connectivity index (χ1) is 3.84. The van der Waals surface area contributed by atoms with Crippen molar-refractivity contribution in [3.63, 3.8) is 0 Å². The molecule has 1 atom stereocenters. The van der Waals surface area contributed by atoms with Crippen molar-refractivity contribution in [1.82, 2.24) is 0 Å². The third kappa shape index (κ3) is 1.34. The van der Waals surface area contributed by atoms with Crippen LogP contribution in [0.2, 0.25) is 0 Å². The maximum Gasteiger partial charge on any atom is 0.0872 e. The van der Waals surface area contributed by atoms with E-state index < -0.39 is 0 Å². The maximum atomic E-state index is 5.04.